The van der Waals surface area contributed by atoms with E-state index in [1.165, 1.54) is 18.5 Å². The van der Waals surface area contributed by atoms with Crippen LogP contribution in [0, 0.1) is 0 Å². The highest BCUT2D eigenvalue weighted by Crippen LogP contribution is 2.29. The third kappa shape index (κ3) is 3.18. The van der Waals surface area contributed by atoms with Crippen LogP contribution in [0.15, 0.2) is 35.5 Å². The highest BCUT2D eigenvalue weighted by molar-refractivity contribution is 7.92. The van der Waals surface area contributed by atoms with Crippen molar-refractivity contribution in [3.05, 3.63) is 35.6 Å². The Labute approximate surface area is 115 Å². The molecule has 0 fully saturated rings. The van der Waals surface area contributed by atoms with Crippen molar-refractivity contribution in [3.8, 4) is 5.75 Å². The summed E-state index contributed by atoms with van der Waals surface area (Å²) in [7, 11) is -3.71. The van der Waals surface area contributed by atoms with Crippen molar-refractivity contribution in [2.24, 2.45) is 0 Å². The van der Waals surface area contributed by atoms with Gasteiger partial charge in [-0.1, -0.05) is 11.6 Å². The zero-order valence-corrected chi connectivity index (χ0v) is 11.6. The molecule has 0 spiro atoms. The molecule has 0 saturated heterocycles. The molecule has 0 aliphatic heterocycles. The number of anilines is 1. The van der Waals surface area contributed by atoms with Crippen LogP contribution in [0.3, 0.4) is 0 Å². The molecule has 0 amide bonds. The summed E-state index contributed by atoms with van der Waals surface area (Å²) in [5.74, 6) is 0.416. The van der Waals surface area contributed by atoms with Crippen LogP contribution < -0.4 is 9.46 Å². The average Bonchev–Trinajstić information content (AvgIpc) is 2.87. The van der Waals surface area contributed by atoms with Gasteiger partial charge in [-0.15, -0.1) is 0 Å². The van der Waals surface area contributed by atoms with Crippen LogP contribution in [0.2, 0.25) is 5.02 Å². The number of nitrogens with one attached hydrogen (secondary N) is 2. The zero-order valence-electron chi connectivity index (χ0n) is 10.1. The van der Waals surface area contributed by atoms with E-state index in [0.717, 1.165) is 0 Å². The lowest BCUT2D eigenvalue weighted by molar-refractivity contribution is 0.342. The Bertz CT molecular complexity index is 656. The Kier molecular flexibility index (Phi) is 3.96. The number of aromatic amines is 1. The summed E-state index contributed by atoms with van der Waals surface area (Å²) in [6.45, 7) is 2.23. The second kappa shape index (κ2) is 5.50. The molecule has 0 saturated carbocycles. The molecular weight excluding hydrogens is 290 g/mol. The van der Waals surface area contributed by atoms with Gasteiger partial charge in [0, 0.05) is 11.2 Å². The van der Waals surface area contributed by atoms with Gasteiger partial charge in [-0.3, -0.25) is 9.82 Å². The fourth-order valence-corrected chi connectivity index (χ4v) is 2.59. The lowest BCUT2D eigenvalue weighted by Crippen LogP contribution is -2.13. The van der Waals surface area contributed by atoms with Crippen molar-refractivity contribution in [2.45, 2.75) is 11.8 Å². The van der Waals surface area contributed by atoms with Gasteiger partial charge in [0.15, 0.2) is 0 Å². The van der Waals surface area contributed by atoms with Crippen LogP contribution in [0.1, 0.15) is 6.92 Å². The summed E-state index contributed by atoms with van der Waals surface area (Å²) in [6, 6.07) is 4.73. The summed E-state index contributed by atoms with van der Waals surface area (Å²) in [5.41, 5.74) is 0.288. The summed E-state index contributed by atoms with van der Waals surface area (Å²) >= 11 is 5.86. The maximum atomic E-state index is 12.1. The molecule has 0 radical (unpaired) electrons. The van der Waals surface area contributed by atoms with Crippen LogP contribution in [0.25, 0.3) is 0 Å². The van der Waals surface area contributed by atoms with Crippen LogP contribution in [0.5, 0.6) is 5.75 Å². The highest BCUT2D eigenvalue weighted by Gasteiger charge is 2.17. The maximum Gasteiger partial charge on any atom is 0.265 e. The maximum absolute atomic E-state index is 12.1. The van der Waals surface area contributed by atoms with Gasteiger partial charge in [0.2, 0.25) is 0 Å². The fraction of sp³-hybridized carbons (Fsp3) is 0.182. The first-order valence-corrected chi connectivity index (χ1v) is 7.33. The van der Waals surface area contributed by atoms with Crippen LogP contribution in [-0.2, 0) is 10.0 Å². The fourth-order valence-electron chi connectivity index (χ4n) is 1.45. The van der Waals surface area contributed by atoms with E-state index in [0.29, 0.717) is 17.4 Å². The first-order chi connectivity index (χ1) is 9.03. The van der Waals surface area contributed by atoms with E-state index >= 15 is 0 Å². The van der Waals surface area contributed by atoms with E-state index in [1.807, 2.05) is 6.92 Å². The van der Waals surface area contributed by atoms with Gasteiger partial charge < -0.3 is 4.74 Å². The smallest absolute Gasteiger partial charge is 0.265 e. The first kappa shape index (κ1) is 13.7. The second-order valence-corrected chi connectivity index (χ2v) is 5.73. The molecule has 0 bridgehead atoms. The Morgan fingerprint density at radius 2 is 2.26 bits per heavy atom. The largest absolute Gasteiger partial charge is 0.492 e. The molecule has 0 atom stereocenters. The molecule has 0 aliphatic rings. The number of aromatic nitrogens is 2. The minimum Gasteiger partial charge on any atom is -0.492 e. The number of halogens is 1. The van der Waals surface area contributed by atoms with E-state index in [4.69, 9.17) is 16.3 Å². The van der Waals surface area contributed by atoms with Crippen LogP contribution in [-0.4, -0.2) is 25.2 Å². The van der Waals surface area contributed by atoms with Crippen molar-refractivity contribution in [3.63, 3.8) is 0 Å². The average molecular weight is 302 g/mol. The van der Waals surface area contributed by atoms with Gasteiger partial charge >= 0.3 is 0 Å². The van der Waals surface area contributed by atoms with Crippen molar-refractivity contribution < 1.29 is 13.2 Å². The van der Waals surface area contributed by atoms with Gasteiger partial charge in [0.25, 0.3) is 10.0 Å². The Morgan fingerprint density at radius 3 is 2.89 bits per heavy atom. The molecule has 2 N–H and O–H groups in total. The summed E-state index contributed by atoms with van der Waals surface area (Å²) < 4.78 is 31.9. The molecule has 8 heteroatoms. The lowest BCUT2D eigenvalue weighted by Gasteiger charge is -2.12. The molecular formula is C11H12ClN3O3S. The molecule has 0 unspecified atom stereocenters. The van der Waals surface area contributed by atoms with E-state index in [-0.39, 0.29) is 10.6 Å². The molecule has 1 heterocycles. The number of hydrogen-bond donors (Lipinski definition) is 2. The van der Waals surface area contributed by atoms with Crippen molar-refractivity contribution in [2.75, 3.05) is 11.3 Å². The molecule has 0 aliphatic carbocycles. The normalized spacial score (nSPS) is 11.3. The summed E-state index contributed by atoms with van der Waals surface area (Å²) in [6.07, 6.45) is 2.50. The van der Waals surface area contributed by atoms with Crippen molar-refractivity contribution in [1.29, 1.82) is 0 Å². The molecule has 2 rings (SSSR count). The van der Waals surface area contributed by atoms with E-state index < -0.39 is 10.0 Å². The standard InChI is InChI=1S/C11H12ClN3O3S/c1-2-18-11-4-3-8(12)5-10(11)15-19(16,17)9-6-13-14-7-9/h3-7,15H,2H2,1H3,(H,13,14). The van der Waals surface area contributed by atoms with Crippen LogP contribution >= 0.6 is 11.6 Å². The quantitative estimate of drug-likeness (QED) is 0.887. The highest BCUT2D eigenvalue weighted by atomic mass is 35.5. The third-order valence-electron chi connectivity index (χ3n) is 2.27. The van der Waals surface area contributed by atoms with Crippen molar-refractivity contribution >= 4 is 27.3 Å². The Balaban J connectivity index is 2.35. The topological polar surface area (TPSA) is 84.1 Å². The van der Waals surface area contributed by atoms with Gasteiger partial charge in [0.05, 0.1) is 18.5 Å². The van der Waals surface area contributed by atoms with Crippen molar-refractivity contribution in [1.82, 2.24) is 10.2 Å². The van der Waals surface area contributed by atoms with Gasteiger partial charge in [-0.05, 0) is 25.1 Å². The molecule has 102 valence electrons. The summed E-state index contributed by atoms with van der Waals surface area (Å²) in [4.78, 5) is 0.0370. The molecule has 2 aromatic rings. The van der Waals surface area contributed by atoms with E-state index in [9.17, 15) is 8.42 Å². The first-order valence-electron chi connectivity index (χ1n) is 5.47. The predicted octanol–water partition coefficient (Wildman–Crippen LogP) is 2.26. The molecule has 19 heavy (non-hydrogen) atoms. The molecule has 1 aromatic heterocycles. The number of sulfonamides is 1. The number of benzene rings is 1. The number of hydrogen-bond acceptors (Lipinski definition) is 4. The summed E-state index contributed by atoms with van der Waals surface area (Å²) in [5, 5.41) is 6.46. The predicted molar refractivity (Wildman–Crippen MR) is 72.0 cm³/mol. The lowest BCUT2D eigenvalue weighted by atomic mass is 10.3. The minimum absolute atomic E-state index is 0.0370. The van der Waals surface area contributed by atoms with Gasteiger partial charge in [0.1, 0.15) is 10.6 Å². The number of rotatable bonds is 5. The van der Waals surface area contributed by atoms with E-state index in [2.05, 4.69) is 14.9 Å². The monoisotopic (exact) mass is 301 g/mol. The van der Waals surface area contributed by atoms with Crippen LogP contribution in [0.4, 0.5) is 5.69 Å². The zero-order chi connectivity index (χ0) is 13.9. The third-order valence-corrected chi connectivity index (χ3v) is 3.84. The van der Waals surface area contributed by atoms with E-state index in [1.54, 1.807) is 12.1 Å². The Hall–Kier alpha value is -1.73. The minimum atomic E-state index is -3.71. The Morgan fingerprint density at radius 1 is 1.47 bits per heavy atom. The molecule has 1 aromatic carbocycles. The number of H-pyrrole nitrogens is 1. The molecule has 6 nitrogen and oxygen atoms in total. The number of ether oxygens (including phenoxy) is 1. The van der Waals surface area contributed by atoms with Gasteiger partial charge in [-0.2, -0.15) is 5.10 Å². The number of nitrogens with zero attached hydrogens (tertiary/aromatic N) is 1. The SMILES string of the molecule is CCOc1ccc(Cl)cc1NS(=O)(=O)c1cn[nH]c1. The van der Waals surface area contributed by atoms with Gasteiger partial charge in [-0.25, -0.2) is 8.42 Å². The second-order valence-electron chi connectivity index (χ2n) is 3.61.